The smallest absolute Gasteiger partial charge is 0.239 e. The molecule has 4 N–H and O–H groups in total. The molecule has 1 aromatic carbocycles. The molecular weight excluding hydrogens is 358 g/mol. The summed E-state index contributed by atoms with van der Waals surface area (Å²) in [6, 6.07) is 7.44. The lowest BCUT2D eigenvalue weighted by molar-refractivity contribution is -0.127. The van der Waals surface area contributed by atoms with Crippen molar-refractivity contribution < 1.29 is 19.1 Å². The van der Waals surface area contributed by atoms with Gasteiger partial charge in [-0.05, 0) is 43.4 Å². The second kappa shape index (κ2) is 10.4. The van der Waals surface area contributed by atoms with Gasteiger partial charge in [-0.2, -0.15) is 0 Å². The van der Waals surface area contributed by atoms with Gasteiger partial charge in [-0.1, -0.05) is 26.0 Å². The molecule has 1 heterocycles. The molecule has 1 atom stereocenters. The fourth-order valence-electron chi connectivity index (χ4n) is 3.32. The molecule has 156 valence electrons. The van der Waals surface area contributed by atoms with Gasteiger partial charge in [-0.25, -0.2) is 0 Å². The van der Waals surface area contributed by atoms with E-state index in [1.807, 2.05) is 32.9 Å². The van der Waals surface area contributed by atoms with E-state index in [9.17, 15) is 9.59 Å². The number of amides is 2. The number of nitrogens with two attached hydrogens (primary N) is 1. The van der Waals surface area contributed by atoms with Crippen LogP contribution in [0.3, 0.4) is 0 Å². The maximum Gasteiger partial charge on any atom is 0.239 e. The Bertz CT molecular complexity index is 640. The van der Waals surface area contributed by atoms with Crippen molar-refractivity contribution >= 4 is 11.8 Å². The van der Waals surface area contributed by atoms with Gasteiger partial charge >= 0.3 is 0 Å². The van der Waals surface area contributed by atoms with Crippen molar-refractivity contribution in [3.63, 3.8) is 0 Å². The van der Waals surface area contributed by atoms with E-state index in [2.05, 4.69) is 22.8 Å². The van der Waals surface area contributed by atoms with Gasteiger partial charge in [-0.15, -0.1) is 0 Å². The van der Waals surface area contributed by atoms with Gasteiger partial charge in [0.2, 0.25) is 11.8 Å². The molecule has 0 aromatic heterocycles. The maximum absolute atomic E-state index is 12.3. The Morgan fingerprint density at radius 2 is 1.82 bits per heavy atom. The molecule has 2 rings (SSSR count). The molecule has 7 heteroatoms. The normalized spacial score (nSPS) is 17.0. The highest BCUT2D eigenvalue weighted by Crippen LogP contribution is 2.35. The Balaban J connectivity index is 1.96. The van der Waals surface area contributed by atoms with Gasteiger partial charge < -0.3 is 25.8 Å². The van der Waals surface area contributed by atoms with Gasteiger partial charge in [0.25, 0.3) is 0 Å². The van der Waals surface area contributed by atoms with E-state index in [1.165, 1.54) is 0 Å². The summed E-state index contributed by atoms with van der Waals surface area (Å²) in [4.78, 5) is 24.2. The first-order valence-corrected chi connectivity index (χ1v) is 9.99. The van der Waals surface area contributed by atoms with Crippen LogP contribution in [0.5, 0.6) is 5.75 Å². The summed E-state index contributed by atoms with van der Waals surface area (Å²) in [5.74, 6) is 0.327. The van der Waals surface area contributed by atoms with Gasteiger partial charge in [0.1, 0.15) is 5.75 Å². The zero-order chi connectivity index (χ0) is 20.6. The average Bonchev–Trinajstić information content (AvgIpc) is 2.71. The van der Waals surface area contributed by atoms with Crippen molar-refractivity contribution in [2.45, 2.75) is 45.1 Å². The first-order valence-electron chi connectivity index (χ1n) is 9.99. The number of carbonyl (C=O) groups excluding carboxylic acids is 2. The number of nitrogens with one attached hydrogen (secondary N) is 2. The van der Waals surface area contributed by atoms with E-state index < -0.39 is 6.04 Å². The fourth-order valence-corrected chi connectivity index (χ4v) is 3.32. The zero-order valence-corrected chi connectivity index (χ0v) is 17.1. The quantitative estimate of drug-likeness (QED) is 0.590. The summed E-state index contributed by atoms with van der Waals surface area (Å²) < 4.78 is 11.1. The van der Waals surface area contributed by atoms with E-state index in [-0.39, 0.29) is 29.7 Å². The molecule has 0 aliphatic carbocycles. The Morgan fingerprint density at radius 1 is 1.18 bits per heavy atom. The molecule has 1 aliphatic rings. The number of hydrogen-bond acceptors (Lipinski definition) is 5. The number of rotatable bonds is 9. The lowest BCUT2D eigenvalue weighted by Gasteiger charge is -2.38. The molecule has 1 aromatic rings. The van der Waals surface area contributed by atoms with Gasteiger partial charge in [-0.3, -0.25) is 9.59 Å². The van der Waals surface area contributed by atoms with Gasteiger partial charge in [0, 0.05) is 25.2 Å². The van der Waals surface area contributed by atoms with Crippen molar-refractivity contribution in [2.75, 3.05) is 32.9 Å². The third-order valence-corrected chi connectivity index (χ3v) is 5.30. The molecule has 0 unspecified atom stereocenters. The van der Waals surface area contributed by atoms with Crippen LogP contribution in [-0.4, -0.2) is 50.8 Å². The summed E-state index contributed by atoms with van der Waals surface area (Å²) >= 11 is 0. The average molecular weight is 392 g/mol. The summed E-state index contributed by atoms with van der Waals surface area (Å²) in [6.45, 7) is 8.05. The van der Waals surface area contributed by atoms with Crippen LogP contribution in [0.4, 0.5) is 0 Å². The highest BCUT2D eigenvalue weighted by atomic mass is 16.5. The first kappa shape index (κ1) is 22.2. The first-order chi connectivity index (χ1) is 13.4. The van der Waals surface area contributed by atoms with Crippen molar-refractivity contribution in [1.29, 1.82) is 0 Å². The molecule has 1 fully saturated rings. The third-order valence-electron chi connectivity index (χ3n) is 5.30. The predicted molar refractivity (Wildman–Crippen MR) is 108 cm³/mol. The summed E-state index contributed by atoms with van der Waals surface area (Å²) in [5.41, 5.74) is 6.77. The van der Waals surface area contributed by atoms with Crippen molar-refractivity contribution in [2.24, 2.45) is 11.7 Å². The van der Waals surface area contributed by atoms with Gasteiger partial charge in [0.15, 0.2) is 0 Å². The van der Waals surface area contributed by atoms with Crippen molar-refractivity contribution in [3.05, 3.63) is 29.8 Å². The second-order valence-electron chi connectivity index (χ2n) is 7.61. The molecule has 2 amide bonds. The molecule has 0 radical (unpaired) electrons. The number of hydrogen-bond donors (Lipinski definition) is 3. The van der Waals surface area contributed by atoms with E-state index >= 15 is 0 Å². The van der Waals surface area contributed by atoms with Crippen LogP contribution in [0.1, 0.15) is 39.2 Å². The van der Waals surface area contributed by atoms with Crippen LogP contribution in [-0.2, 0) is 19.7 Å². The van der Waals surface area contributed by atoms with Crippen LogP contribution >= 0.6 is 0 Å². The lowest BCUT2D eigenvalue weighted by Crippen LogP contribution is -2.49. The van der Waals surface area contributed by atoms with E-state index in [0.29, 0.717) is 26.4 Å². The molecule has 7 nitrogen and oxygen atoms in total. The Morgan fingerprint density at radius 3 is 2.39 bits per heavy atom. The highest BCUT2D eigenvalue weighted by Gasteiger charge is 2.35. The molecule has 1 saturated heterocycles. The van der Waals surface area contributed by atoms with Crippen LogP contribution in [0.15, 0.2) is 24.3 Å². The standard InChI is InChI=1S/C21H33N3O4/c1-4-28-17-7-5-16(6-8-17)21(9-11-27-12-10-21)14-24-18(25)13-23-20(26)19(22)15(2)3/h5-8,15,19H,4,9-14,22H2,1-3H3,(H,23,26)(H,24,25)/t19-/m0/s1. The zero-order valence-electron chi connectivity index (χ0n) is 17.1. The summed E-state index contributed by atoms with van der Waals surface area (Å²) in [6.07, 6.45) is 1.65. The minimum absolute atomic E-state index is 0.0215. The van der Waals surface area contributed by atoms with E-state index in [1.54, 1.807) is 0 Å². The van der Waals surface area contributed by atoms with Crippen molar-refractivity contribution in [3.8, 4) is 5.75 Å². The van der Waals surface area contributed by atoms with Crippen LogP contribution in [0.25, 0.3) is 0 Å². The topological polar surface area (TPSA) is 103 Å². The van der Waals surface area contributed by atoms with Crippen LogP contribution < -0.4 is 21.1 Å². The Hall–Kier alpha value is -2.12. The number of carbonyl (C=O) groups is 2. The molecule has 0 bridgehead atoms. The van der Waals surface area contributed by atoms with Crippen LogP contribution in [0, 0.1) is 5.92 Å². The van der Waals surface area contributed by atoms with Crippen LogP contribution in [0.2, 0.25) is 0 Å². The molecule has 0 spiro atoms. The molecule has 28 heavy (non-hydrogen) atoms. The fraction of sp³-hybridized carbons (Fsp3) is 0.619. The SMILES string of the molecule is CCOc1ccc(C2(CNC(=O)CNC(=O)[C@@H](N)C(C)C)CCOCC2)cc1. The Labute approximate surface area is 167 Å². The lowest BCUT2D eigenvalue weighted by atomic mass is 9.74. The van der Waals surface area contributed by atoms with E-state index in [4.69, 9.17) is 15.2 Å². The largest absolute Gasteiger partial charge is 0.494 e. The minimum Gasteiger partial charge on any atom is -0.494 e. The van der Waals surface area contributed by atoms with Gasteiger partial charge in [0.05, 0.1) is 19.2 Å². The third kappa shape index (κ3) is 5.94. The Kier molecular flexibility index (Phi) is 8.26. The monoisotopic (exact) mass is 391 g/mol. The van der Waals surface area contributed by atoms with E-state index in [0.717, 1.165) is 24.2 Å². The minimum atomic E-state index is -0.613. The highest BCUT2D eigenvalue weighted by molar-refractivity contribution is 5.87. The number of benzene rings is 1. The summed E-state index contributed by atoms with van der Waals surface area (Å²) in [7, 11) is 0. The molecule has 1 aliphatic heterocycles. The number of ether oxygens (including phenoxy) is 2. The molecular formula is C21H33N3O4. The maximum atomic E-state index is 12.3. The van der Waals surface area contributed by atoms with Crippen molar-refractivity contribution in [1.82, 2.24) is 10.6 Å². The second-order valence-corrected chi connectivity index (χ2v) is 7.61. The predicted octanol–water partition coefficient (Wildman–Crippen LogP) is 1.35. The molecule has 0 saturated carbocycles. The summed E-state index contributed by atoms with van der Waals surface area (Å²) in [5, 5.41) is 5.58.